The average molecular weight is 352 g/mol. The van der Waals surface area contributed by atoms with Crippen LogP contribution >= 0.6 is 27.5 Å². The first-order valence-electron chi connectivity index (χ1n) is 5.97. The number of aryl methyl sites for hydroxylation is 1. The number of ketones is 1. The highest BCUT2D eigenvalue weighted by Gasteiger charge is 2.17. The first kappa shape index (κ1) is 14.8. The molecule has 2 aromatic rings. The van der Waals surface area contributed by atoms with Gasteiger partial charge in [0.05, 0.1) is 17.1 Å². The van der Waals surface area contributed by atoms with Crippen molar-refractivity contribution >= 4 is 33.3 Å². The number of Topliss-reactive ketones (excluding diaryl/α,β-unsaturated/α-hetero) is 1. The van der Waals surface area contributed by atoms with Crippen molar-refractivity contribution in [1.82, 2.24) is 4.57 Å². The molecule has 5 heteroatoms. The maximum absolute atomic E-state index is 11.8. The van der Waals surface area contributed by atoms with Crippen molar-refractivity contribution in [3.05, 3.63) is 51.3 Å². The monoisotopic (exact) mass is 350 g/mol. The smallest absolute Gasteiger partial charge is 0.179 e. The van der Waals surface area contributed by atoms with Gasteiger partial charge in [-0.15, -0.1) is 11.6 Å². The molecule has 0 N–H and O–H groups in total. The van der Waals surface area contributed by atoms with Gasteiger partial charge in [-0.2, -0.15) is 5.26 Å². The van der Waals surface area contributed by atoms with Crippen LogP contribution < -0.4 is 0 Å². The highest BCUT2D eigenvalue weighted by Crippen LogP contribution is 2.26. The number of rotatable bonds is 3. The second-order valence-corrected chi connectivity index (χ2v) is 5.63. The zero-order chi connectivity index (χ0) is 14.9. The van der Waals surface area contributed by atoms with Gasteiger partial charge in [-0.25, -0.2) is 0 Å². The van der Waals surface area contributed by atoms with Crippen molar-refractivity contribution < 1.29 is 4.79 Å². The van der Waals surface area contributed by atoms with Crippen LogP contribution in [-0.2, 0) is 0 Å². The van der Waals surface area contributed by atoms with Crippen LogP contribution in [0.15, 0.2) is 28.7 Å². The molecule has 1 heterocycles. The Kier molecular flexibility index (Phi) is 4.32. The van der Waals surface area contributed by atoms with Crippen molar-refractivity contribution in [3.8, 4) is 11.8 Å². The van der Waals surface area contributed by atoms with Crippen LogP contribution in [0, 0.1) is 25.2 Å². The number of benzene rings is 1. The molecule has 0 aliphatic carbocycles. The van der Waals surface area contributed by atoms with Gasteiger partial charge in [0.15, 0.2) is 5.78 Å². The number of hydrogen-bond acceptors (Lipinski definition) is 2. The summed E-state index contributed by atoms with van der Waals surface area (Å²) in [6.45, 7) is 3.76. The molecule has 0 unspecified atom stereocenters. The molecule has 1 aromatic heterocycles. The third-order valence-corrected chi connectivity index (χ3v) is 3.91. The lowest BCUT2D eigenvalue weighted by atomic mass is 10.1. The first-order chi connectivity index (χ1) is 9.49. The number of nitriles is 1. The van der Waals surface area contributed by atoms with Gasteiger partial charge in [-0.05, 0) is 38.1 Å². The van der Waals surface area contributed by atoms with Crippen molar-refractivity contribution in [2.75, 3.05) is 5.88 Å². The van der Waals surface area contributed by atoms with Gasteiger partial charge in [0.2, 0.25) is 0 Å². The maximum Gasteiger partial charge on any atom is 0.179 e. The normalized spacial score (nSPS) is 10.3. The lowest BCUT2D eigenvalue weighted by Crippen LogP contribution is -2.05. The molecule has 0 atom stereocenters. The Balaban J connectivity index is 2.69. The number of aromatic nitrogens is 1. The van der Waals surface area contributed by atoms with Crippen LogP contribution in [0.4, 0.5) is 0 Å². The van der Waals surface area contributed by atoms with E-state index in [0.717, 1.165) is 21.5 Å². The van der Waals surface area contributed by atoms with Gasteiger partial charge < -0.3 is 4.57 Å². The fourth-order valence-electron chi connectivity index (χ4n) is 2.28. The third kappa shape index (κ3) is 2.52. The number of carbonyl (C=O) groups excluding carboxylic acids is 1. The number of hydrogen-bond donors (Lipinski definition) is 0. The van der Waals surface area contributed by atoms with Crippen LogP contribution in [0.5, 0.6) is 0 Å². The van der Waals surface area contributed by atoms with Gasteiger partial charge in [0.1, 0.15) is 6.07 Å². The lowest BCUT2D eigenvalue weighted by Gasteiger charge is -2.12. The number of carbonyl (C=O) groups is 1. The van der Waals surface area contributed by atoms with Crippen LogP contribution in [-0.4, -0.2) is 16.2 Å². The minimum atomic E-state index is -0.110. The van der Waals surface area contributed by atoms with E-state index in [1.165, 1.54) is 0 Å². The van der Waals surface area contributed by atoms with Gasteiger partial charge in [-0.1, -0.05) is 15.9 Å². The molecular weight excluding hydrogens is 340 g/mol. The Bertz CT molecular complexity index is 728. The van der Waals surface area contributed by atoms with E-state index in [-0.39, 0.29) is 11.7 Å². The van der Waals surface area contributed by atoms with E-state index < -0.39 is 0 Å². The summed E-state index contributed by atoms with van der Waals surface area (Å²) in [5.74, 6) is -0.155. The van der Waals surface area contributed by atoms with Crippen LogP contribution in [0.1, 0.15) is 27.3 Å². The minimum Gasteiger partial charge on any atom is -0.316 e. The molecule has 0 saturated carbocycles. The standard InChI is InChI=1S/C15H12BrClN2O/c1-9-5-13(15(20)7-17)10(2)19(9)14-4-3-12(16)6-11(14)8-18/h3-6H,7H2,1-2H3. The summed E-state index contributed by atoms with van der Waals surface area (Å²) in [4.78, 5) is 11.8. The Hall–Kier alpha value is -1.57. The quantitative estimate of drug-likeness (QED) is 0.616. The molecule has 20 heavy (non-hydrogen) atoms. The molecule has 0 spiro atoms. The summed E-state index contributed by atoms with van der Waals surface area (Å²) >= 11 is 8.98. The second-order valence-electron chi connectivity index (χ2n) is 4.45. The van der Waals surface area contributed by atoms with Gasteiger partial charge in [-0.3, -0.25) is 4.79 Å². The van der Waals surface area contributed by atoms with Crippen LogP contribution in [0.25, 0.3) is 5.69 Å². The summed E-state index contributed by atoms with van der Waals surface area (Å²) in [7, 11) is 0. The van der Waals surface area contributed by atoms with E-state index in [2.05, 4.69) is 22.0 Å². The highest BCUT2D eigenvalue weighted by molar-refractivity contribution is 9.10. The fourth-order valence-corrected chi connectivity index (χ4v) is 2.79. The zero-order valence-electron chi connectivity index (χ0n) is 11.1. The van der Waals surface area contributed by atoms with Gasteiger partial charge >= 0.3 is 0 Å². The van der Waals surface area contributed by atoms with E-state index >= 15 is 0 Å². The summed E-state index contributed by atoms with van der Waals surface area (Å²) in [6.07, 6.45) is 0. The van der Waals surface area contributed by atoms with Crippen LogP contribution in [0.3, 0.4) is 0 Å². The molecule has 0 radical (unpaired) electrons. The van der Waals surface area contributed by atoms with E-state index in [1.54, 1.807) is 6.07 Å². The summed E-state index contributed by atoms with van der Waals surface area (Å²) in [5.41, 5.74) is 3.61. The number of alkyl halides is 1. The predicted octanol–water partition coefficient (Wildman–Crippen LogP) is 4.15. The molecule has 2 rings (SSSR count). The topological polar surface area (TPSA) is 45.8 Å². The van der Waals surface area contributed by atoms with E-state index in [9.17, 15) is 10.1 Å². The Morgan fingerprint density at radius 2 is 2.10 bits per heavy atom. The number of halogens is 2. The summed E-state index contributed by atoms with van der Waals surface area (Å²) in [6, 6.07) is 9.48. The van der Waals surface area contributed by atoms with E-state index in [4.69, 9.17) is 11.6 Å². The molecule has 0 aliphatic heterocycles. The summed E-state index contributed by atoms with van der Waals surface area (Å²) < 4.78 is 2.75. The Labute approximate surface area is 130 Å². The van der Waals surface area contributed by atoms with Gasteiger partial charge in [0, 0.05) is 21.4 Å². The molecule has 0 bridgehead atoms. The van der Waals surface area contributed by atoms with E-state index in [0.29, 0.717) is 11.1 Å². The van der Waals surface area contributed by atoms with Crippen molar-refractivity contribution in [2.24, 2.45) is 0 Å². The molecule has 0 aliphatic rings. The molecule has 3 nitrogen and oxygen atoms in total. The molecule has 1 aromatic carbocycles. The van der Waals surface area contributed by atoms with Crippen molar-refractivity contribution in [3.63, 3.8) is 0 Å². The van der Waals surface area contributed by atoms with Crippen molar-refractivity contribution in [1.29, 1.82) is 5.26 Å². The second kappa shape index (κ2) is 5.82. The SMILES string of the molecule is Cc1cc(C(=O)CCl)c(C)n1-c1ccc(Br)cc1C#N. The first-order valence-corrected chi connectivity index (χ1v) is 7.30. The Morgan fingerprint density at radius 3 is 2.70 bits per heavy atom. The lowest BCUT2D eigenvalue weighted by molar-refractivity contribution is 0.102. The molecule has 0 fully saturated rings. The number of nitrogens with zero attached hydrogens (tertiary/aromatic N) is 2. The molecule has 102 valence electrons. The summed E-state index contributed by atoms with van der Waals surface area (Å²) in [5, 5.41) is 9.28. The molecular formula is C15H12BrClN2O. The molecule has 0 amide bonds. The van der Waals surface area contributed by atoms with Gasteiger partial charge in [0.25, 0.3) is 0 Å². The molecule has 0 saturated heterocycles. The van der Waals surface area contributed by atoms with E-state index in [1.807, 2.05) is 36.6 Å². The van der Waals surface area contributed by atoms with Crippen LogP contribution in [0.2, 0.25) is 0 Å². The largest absolute Gasteiger partial charge is 0.316 e. The maximum atomic E-state index is 11.8. The van der Waals surface area contributed by atoms with Crippen molar-refractivity contribution in [2.45, 2.75) is 13.8 Å². The Morgan fingerprint density at radius 1 is 1.40 bits per heavy atom. The zero-order valence-corrected chi connectivity index (χ0v) is 13.4. The average Bonchev–Trinajstić information content (AvgIpc) is 2.73. The third-order valence-electron chi connectivity index (χ3n) is 3.17. The highest BCUT2D eigenvalue weighted by atomic mass is 79.9. The fraction of sp³-hybridized carbons (Fsp3) is 0.200. The predicted molar refractivity (Wildman–Crippen MR) is 82.7 cm³/mol. The minimum absolute atomic E-state index is 0.0459.